The Morgan fingerprint density at radius 3 is 2.40 bits per heavy atom. The number of aryl methyl sites for hydroxylation is 1. The number of nitrogens with one attached hydrogen (secondary N) is 2. The van der Waals surface area contributed by atoms with Crippen molar-refractivity contribution in [3.8, 4) is 0 Å². The summed E-state index contributed by atoms with van der Waals surface area (Å²) >= 11 is 1.23. The van der Waals surface area contributed by atoms with E-state index in [1.807, 2.05) is 18.2 Å². The Labute approximate surface area is 180 Å². The number of hydrogen-bond donors (Lipinski definition) is 2. The second kappa shape index (κ2) is 10.6. The SMILES string of the molecule is Cc1nnc(C(=O)Nc2ccc(C(=O)NCCCN(C)Cc3ccccc3)cc2)s1. The summed E-state index contributed by atoms with van der Waals surface area (Å²) in [5.74, 6) is -0.434. The first kappa shape index (κ1) is 21.6. The van der Waals surface area contributed by atoms with E-state index in [1.165, 1.54) is 16.9 Å². The van der Waals surface area contributed by atoms with Crippen LogP contribution in [0.1, 0.15) is 37.2 Å². The van der Waals surface area contributed by atoms with Gasteiger partial charge in [0.15, 0.2) is 0 Å². The zero-order chi connectivity index (χ0) is 21.3. The Bertz CT molecular complexity index is 973. The van der Waals surface area contributed by atoms with E-state index in [-0.39, 0.29) is 11.8 Å². The predicted molar refractivity (Wildman–Crippen MR) is 119 cm³/mol. The van der Waals surface area contributed by atoms with Crippen molar-refractivity contribution in [1.29, 1.82) is 0 Å². The molecule has 2 N–H and O–H groups in total. The van der Waals surface area contributed by atoms with Gasteiger partial charge in [-0.1, -0.05) is 41.7 Å². The van der Waals surface area contributed by atoms with E-state index in [1.54, 1.807) is 31.2 Å². The van der Waals surface area contributed by atoms with Gasteiger partial charge in [0.05, 0.1) is 0 Å². The van der Waals surface area contributed by atoms with Crippen LogP contribution in [-0.4, -0.2) is 47.0 Å². The molecule has 7 nitrogen and oxygen atoms in total. The van der Waals surface area contributed by atoms with Crippen molar-refractivity contribution < 1.29 is 9.59 Å². The third-order valence-electron chi connectivity index (χ3n) is 4.42. The Morgan fingerprint density at radius 1 is 1.00 bits per heavy atom. The van der Waals surface area contributed by atoms with Gasteiger partial charge < -0.3 is 15.5 Å². The quantitative estimate of drug-likeness (QED) is 0.516. The van der Waals surface area contributed by atoms with Crippen LogP contribution in [0.2, 0.25) is 0 Å². The topological polar surface area (TPSA) is 87.2 Å². The molecule has 0 aliphatic rings. The maximum atomic E-state index is 12.3. The first-order chi connectivity index (χ1) is 14.5. The van der Waals surface area contributed by atoms with E-state index in [4.69, 9.17) is 0 Å². The van der Waals surface area contributed by atoms with Gasteiger partial charge in [0.2, 0.25) is 5.01 Å². The monoisotopic (exact) mass is 423 g/mol. The van der Waals surface area contributed by atoms with Crippen molar-refractivity contribution in [3.05, 3.63) is 75.7 Å². The van der Waals surface area contributed by atoms with Crippen LogP contribution < -0.4 is 10.6 Å². The minimum Gasteiger partial charge on any atom is -0.352 e. The van der Waals surface area contributed by atoms with E-state index in [2.05, 4.69) is 44.9 Å². The standard InChI is InChI=1S/C22H25N5O2S/c1-16-25-26-22(30-16)21(29)24-19-11-9-18(10-12-19)20(28)23-13-6-14-27(2)15-17-7-4-3-5-8-17/h3-5,7-12H,6,13-15H2,1-2H3,(H,23,28)(H,24,29). The molecule has 0 saturated carbocycles. The fourth-order valence-corrected chi connectivity index (χ4v) is 3.49. The average molecular weight is 424 g/mol. The van der Waals surface area contributed by atoms with Gasteiger partial charge in [0, 0.05) is 24.3 Å². The number of rotatable bonds is 9. The highest BCUT2D eigenvalue weighted by molar-refractivity contribution is 7.13. The van der Waals surface area contributed by atoms with Crippen LogP contribution in [0.5, 0.6) is 0 Å². The lowest BCUT2D eigenvalue weighted by atomic mass is 10.2. The molecule has 30 heavy (non-hydrogen) atoms. The van der Waals surface area contributed by atoms with Gasteiger partial charge in [-0.2, -0.15) is 0 Å². The number of carbonyl (C=O) groups is 2. The molecule has 1 heterocycles. The van der Waals surface area contributed by atoms with Crippen LogP contribution >= 0.6 is 11.3 Å². The number of benzene rings is 2. The lowest BCUT2D eigenvalue weighted by molar-refractivity contribution is 0.0951. The highest BCUT2D eigenvalue weighted by Gasteiger charge is 2.12. The molecule has 0 bridgehead atoms. The number of aromatic nitrogens is 2. The molecule has 2 amide bonds. The Hall–Kier alpha value is -3.10. The highest BCUT2D eigenvalue weighted by atomic mass is 32.1. The van der Waals surface area contributed by atoms with Crippen LogP contribution in [0.25, 0.3) is 0 Å². The normalized spacial score (nSPS) is 10.8. The fraction of sp³-hybridized carbons (Fsp3) is 0.273. The summed E-state index contributed by atoms with van der Waals surface area (Å²) in [5, 5.41) is 14.4. The average Bonchev–Trinajstić information content (AvgIpc) is 3.19. The minimum absolute atomic E-state index is 0.127. The second-order valence-corrected chi connectivity index (χ2v) is 8.17. The van der Waals surface area contributed by atoms with Crippen molar-refractivity contribution in [3.63, 3.8) is 0 Å². The molecule has 0 radical (unpaired) electrons. The molecule has 0 spiro atoms. The number of carbonyl (C=O) groups excluding carboxylic acids is 2. The zero-order valence-corrected chi connectivity index (χ0v) is 17.9. The van der Waals surface area contributed by atoms with Crippen LogP contribution in [0, 0.1) is 6.92 Å². The molecular weight excluding hydrogens is 398 g/mol. The van der Waals surface area contributed by atoms with Crippen LogP contribution in [0.4, 0.5) is 5.69 Å². The van der Waals surface area contributed by atoms with Crippen molar-refractivity contribution >= 4 is 28.8 Å². The number of hydrogen-bond acceptors (Lipinski definition) is 6. The Morgan fingerprint density at radius 2 is 1.73 bits per heavy atom. The lowest BCUT2D eigenvalue weighted by Gasteiger charge is -2.16. The van der Waals surface area contributed by atoms with Crippen molar-refractivity contribution in [2.75, 3.05) is 25.5 Å². The molecule has 0 saturated heterocycles. The highest BCUT2D eigenvalue weighted by Crippen LogP contribution is 2.14. The predicted octanol–water partition coefficient (Wildman–Crippen LogP) is 3.35. The summed E-state index contributed by atoms with van der Waals surface area (Å²) in [6, 6.07) is 17.1. The van der Waals surface area contributed by atoms with Gasteiger partial charge in [-0.3, -0.25) is 9.59 Å². The van der Waals surface area contributed by atoms with E-state index in [0.29, 0.717) is 22.8 Å². The smallest absolute Gasteiger partial charge is 0.286 e. The van der Waals surface area contributed by atoms with E-state index < -0.39 is 0 Å². The lowest BCUT2D eigenvalue weighted by Crippen LogP contribution is -2.28. The van der Waals surface area contributed by atoms with Gasteiger partial charge in [-0.15, -0.1) is 10.2 Å². The largest absolute Gasteiger partial charge is 0.352 e. The van der Waals surface area contributed by atoms with Crippen LogP contribution in [-0.2, 0) is 6.54 Å². The molecule has 1 aromatic heterocycles. The summed E-state index contributed by atoms with van der Waals surface area (Å²) in [5.41, 5.74) is 2.43. The van der Waals surface area contributed by atoms with E-state index >= 15 is 0 Å². The third-order valence-corrected chi connectivity index (χ3v) is 5.26. The summed E-state index contributed by atoms with van der Waals surface area (Å²) in [7, 11) is 2.07. The van der Waals surface area contributed by atoms with E-state index in [9.17, 15) is 9.59 Å². The number of amides is 2. The van der Waals surface area contributed by atoms with Crippen LogP contribution in [0.15, 0.2) is 54.6 Å². The van der Waals surface area contributed by atoms with Gasteiger partial charge in [-0.25, -0.2) is 0 Å². The van der Waals surface area contributed by atoms with Gasteiger partial charge >= 0.3 is 0 Å². The molecule has 0 aliphatic heterocycles. The second-order valence-electron chi connectivity index (χ2n) is 6.99. The van der Waals surface area contributed by atoms with Gasteiger partial charge in [0.1, 0.15) is 5.01 Å². The molecule has 3 rings (SSSR count). The van der Waals surface area contributed by atoms with Crippen molar-refractivity contribution in [2.24, 2.45) is 0 Å². The van der Waals surface area contributed by atoms with Gasteiger partial charge in [0.25, 0.3) is 11.8 Å². The number of anilines is 1. The molecule has 3 aromatic rings. The zero-order valence-electron chi connectivity index (χ0n) is 17.1. The molecular formula is C22H25N5O2S. The first-order valence-corrected chi connectivity index (χ1v) is 10.5. The maximum Gasteiger partial charge on any atom is 0.286 e. The van der Waals surface area contributed by atoms with E-state index in [0.717, 1.165) is 24.5 Å². The summed E-state index contributed by atoms with van der Waals surface area (Å²) in [6.45, 7) is 4.18. The minimum atomic E-state index is -0.308. The first-order valence-electron chi connectivity index (χ1n) is 9.73. The fourth-order valence-electron chi connectivity index (χ4n) is 2.90. The van der Waals surface area contributed by atoms with Gasteiger partial charge in [-0.05, 0) is 56.8 Å². The third kappa shape index (κ3) is 6.47. The number of nitrogens with zero attached hydrogens (tertiary/aromatic N) is 3. The molecule has 0 unspecified atom stereocenters. The molecule has 0 atom stereocenters. The maximum absolute atomic E-state index is 12.3. The Kier molecular flexibility index (Phi) is 7.64. The Balaban J connectivity index is 1.39. The summed E-state index contributed by atoms with van der Waals surface area (Å²) in [6.07, 6.45) is 0.866. The van der Waals surface area contributed by atoms with Crippen molar-refractivity contribution in [2.45, 2.75) is 19.9 Å². The van der Waals surface area contributed by atoms with Crippen LogP contribution in [0.3, 0.4) is 0 Å². The molecule has 156 valence electrons. The molecule has 0 fully saturated rings. The molecule has 0 aliphatic carbocycles. The molecule has 2 aromatic carbocycles. The van der Waals surface area contributed by atoms with Crippen molar-refractivity contribution in [1.82, 2.24) is 20.4 Å². The summed E-state index contributed by atoms with van der Waals surface area (Å²) < 4.78 is 0. The molecule has 8 heteroatoms. The summed E-state index contributed by atoms with van der Waals surface area (Å²) in [4.78, 5) is 26.6.